The van der Waals surface area contributed by atoms with Crippen molar-refractivity contribution in [3.05, 3.63) is 34.3 Å². The number of aromatic amines is 1. The third-order valence-electron chi connectivity index (χ3n) is 2.49. The monoisotopic (exact) mass is 250 g/mol. The molecule has 0 fully saturated rings. The Labute approximate surface area is 103 Å². The predicted octanol–water partition coefficient (Wildman–Crippen LogP) is 0.556. The highest BCUT2D eigenvalue weighted by Crippen LogP contribution is 2.12. The van der Waals surface area contributed by atoms with E-state index in [4.69, 9.17) is 14.9 Å². The SMILES string of the molecule is NCCC(=O)OCCc1ccc2[nH]c(=O)oc2c1. The number of nitrogens with one attached hydrogen (secondary N) is 1. The van der Waals surface area contributed by atoms with Crippen molar-refractivity contribution in [3.8, 4) is 0 Å². The molecule has 0 radical (unpaired) electrons. The smallest absolute Gasteiger partial charge is 0.417 e. The van der Waals surface area contributed by atoms with Gasteiger partial charge >= 0.3 is 11.7 Å². The summed E-state index contributed by atoms with van der Waals surface area (Å²) in [7, 11) is 0. The number of benzene rings is 1. The zero-order chi connectivity index (χ0) is 13.0. The van der Waals surface area contributed by atoms with Gasteiger partial charge in [0.1, 0.15) is 0 Å². The first-order valence-corrected chi connectivity index (χ1v) is 5.66. The molecular weight excluding hydrogens is 236 g/mol. The zero-order valence-corrected chi connectivity index (χ0v) is 9.77. The van der Waals surface area contributed by atoms with Crippen molar-refractivity contribution >= 4 is 17.1 Å². The van der Waals surface area contributed by atoms with E-state index < -0.39 is 5.76 Å². The summed E-state index contributed by atoms with van der Waals surface area (Å²) in [4.78, 5) is 24.6. The van der Waals surface area contributed by atoms with Crippen molar-refractivity contribution in [1.29, 1.82) is 0 Å². The van der Waals surface area contributed by atoms with Gasteiger partial charge in [0.2, 0.25) is 0 Å². The normalized spacial score (nSPS) is 10.7. The third-order valence-corrected chi connectivity index (χ3v) is 2.49. The van der Waals surface area contributed by atoms with Crippen molar-refractivity contribution in [2.75, 3.05) is 13.2 Å². The molecule has 1 heterocycles. The lowest BCUT2D eigenvalue weighted by molar-refractivity contribution is -0.143. The van der Waals surface area contributed by atoms with Crippen LogP contribution in [0.15, 0.2) is 27.4 Å². The molecule has 0 spiro atoms. The van der Waals surface area contributed by atoms with E-state index in [0.717, 1.165) is 5.56 Å². The van der Waals surface area contributed by atoms with E-state index in [1.54, 1.807) is 12.1 Å². The molecule has 0 saturated carbocycles. The second-order valence-electron chi connectivity index (χ2n) is 3.85. The molecular formula is C12H14N2O4. The molecule has 1 aromatic heterocycles. The van der Waals surface area contributed by atoms with Crippen LogP contribution in [0.1, 0.15) is 12.0 Å². The molecule has 1 aromatic carbocycles. The van der Waals surface area contributed by atoms with Crippen LogP contribution < -0.4 is 11.5 Å². The topological polar surface area (TPSA) is 98.3 Å². The summed E-state index contributed by atoms with van der Waals surface area (Å²) >= 11 is 0. The number of esters is 1. The summed E-state index contributed by atoms with van der Waals surface area (Å²) < 4.78 is 9.92. The van der Waals surface area contributed by atoms with Crippen LogP contribution in [0.5, 0.6) is 0 Å². The number of nitrogens with two attached hydrogens (primary N) is 1. The highest BCUT2D eigenvalue weighted by molar-refractivity contribution is 5.72. The average molecular weight is 250 g/mol. The maximum absolute atomic E-state index is 11.1. The van der Waals surface area contributed by atoms with Gasteiger partial charge in [-0.05, 0) is 17.7 Å². The second kappa shape index (κ2) is 5.50. The van der Waals surface area contributed by atoms with Crippen LogP contribution in [0.25, 0.3) is 11.1 Å². The van der Waals surface area contributed by atoms with E-state index in [9.17, 15) is 9.59 Å². The first-order chi connectivity index (χ1) is 8.69. The first kappa shape index (κ1) is 12.4. The third kappa shape index (κ3) is 2.98. The van der Waals surface area contributed by atoms with Crippen LogP contribution in [0.4, 0.5) is 0 Å². The second-order valence-corrected chi connectivity index (χ2v) is 3.85. The van der Waals surface area contributed by atoms with Crippen LogP contribution in [-0.2, 0) is 16.0 Å². The fourth-order valence-corrected chi connectivity index (χ4v) is 1.62. The van der Waals surface area contributed by atoms with E-state index in [0.29, 0.717) is 30.7 Å². The number of carbonyl (C=O) groups excluding carboxylic acids is 1. The Bertz CT molecular complexity index is 599. The molecule has 2 rings (SSSR count). The van der Waals surface area contributed by atoms with E-state index in [1.165, 1.54) is 0 Å². The number of aromatic nitrogens is 1. The fourth-order valence-electron chi connectivity index (χ4n) is 1.62. The summed E-state index contributed by atoms with van der Waals surface area (Å²) in [5.41, 5.74) is 7.33. The van der Waals surface area contributed by atoms with Crippen LogP contribution >= 0.6 is 0 Å². The lowest BCUT2D eigenvalue weighted by Crippen LogP contribution is -2.12. The van der Waals surface area contributed by atoms with Gasteiger partial charge in [-0.2, -0.15) is 0 Å². The molecule has 0 bridgehead atoms. The van der Waals surface area contributed by atoms with Gasteiger partial charge < -0.3 is 14.9 Å². The van der Waals surface area contributed by atoms with Crippen molar-refractivity contribution < 1.29 is 13.9 Å². The minimum atomic E-state index is -0.475. The van der Waals surface area contributed by atoms with E-state index in [1.807, 2.05) is 6.07 Å². The Balaban J connectivity index is 1.95. The van der Waals surface area contributed by atoms with Gasteiger partial charge in [-0.25, -0.2) is 4.79 Å². The minimum absolute atomic E-state index is 0.228. The Morgan fingerprint density at radius 1 is 1.44 bits per heavy atom. The van der Waals surface area contributed by atoms with Gasteiger partial charge in [-0.1, -0.05) is 6.07 Å². The van der Waals surface area contributed by atoms with Gasteiger partial charge in [0.05, 0.1) is 18.5 Å². The van der Waals surface area contributed by atoms with Crippen LogP contribution in [0.3, 0.4) is 0 Å². The standard InChI is InChI=1S/C12H14N2O4/c13-5-3-11(15)17-6-4-8-1-2-9-10(7-8)18-12(16)14-9/h1-2,7H,3-6,13H2,(H,14,16). The highest BCUT2D eigenvalue weighted by Gasteiger charge is 2.04. The quantitative estimate of drug-likeness (QED) is 0.755. The molecule has 0 saturated heterocycles. The Morgan fingerprint density at radius 2 is 2.28 bits per heavy atom. The number of H-pyrrole nitrogens is 1. The maximum Gasteiger partial charge on any atom is 0.417 e. The average Bonchev–Trinajstić information content (AvgIpc) is 2.69. The first-order valence-electron chi connectivity index (χ1n) is 5.66. The molecule has 0 amide bonds. The summed E-state index contributed by atoms with van der Waals surface area (Å²) in [5, 5.41) is 0. The predicted molar refractivity (Wildman–Crippen MR) is 65.2 cm³/mol. The molecule has 0 unspecified atom stereocenters. The summed E-state index contributed by atoms with van der Waals surface area (Å²) in [6.07, 6.45) is 0.798. The number of ether oxygens (including phenoxy) is 1. The van der Waals surface area contributed by atoms with E-state index in [2.05, 4.69) is 4.98 Å². The number of hydrogen-bond donors (Lipinski definition) is 2. The molecule has 96 valence electrons. The van der Waals surface area contributed by atoms with Crippen molar-refractivity contribution in [2.45, 2.75) is 12.8 Å². The molecule has 0 atom stereocenters. The molecule has 2 aromatic rings. The lowest BCUT2D eigenvalue weighted by Gasteiger charge is -2.03. The number of rotatable bonds is 5. The number of hydrogen-bond acceptors (Lipinski definition) is 5. The van der Waals surface area contributed by atoms with Crippen molar-refractivity contribution in [2.24, 2.45) is 5.73 Å². The van der Waals surface area contributed by atoms with Gasteiger partial charge in [0.15, 0.2) is 5.58 Å². The van der Waals surface area contributed by atoms with Crippen molar-refractivity contribution in [3.63, 3.8) is 0 Å². The Kier molecular flexibility index (Phi) is 3.78. The summed E-state index contributed by atoms with van der Waals surface area (Å²) in [6.45, 7) is 0.582. The van der Waals surface area contributed by atoms with Crippen LogP contribution in [0, 0.1) is 0 Å². The van der Waals surface area contributed by atoms with Crippen LogP contribution in [0.2, 0.25) is 0 Å². The van der Waals surface area contributed by atoms with Gasteiger partial charge in [-0.3, -0.25) is 9.78 Å². The van der Waals surface area contributed by atoms with Gasteiger partial charge in [0, 0.05) is 13.0 Å². The zero-order valence-electron chi connectivity index (χ0n) is 9.77. The molecule has 0 aliphatic rings. The number of carbonyl (C=O) groups is 1. The molecule has 0 aliphatic carbocycles. The number of fused-ring (bicyclic) bond motifs is 1. The Hall–Kier alpha value is -2.08. The van der Waals surface area contributed by atoms with E-state index in [-0.39, 0.29) is 12.4 Å². The Morgan fingerprint density at radius 3 is 3.06 bits per heavy atom. The molecule has 3 N–H and O–H groups in total. The van der Waals surface area contributed by atoms with Crippen molar-refractivity contribution in [1.82, 2.24) is 4.98 Å². The van der Waals surface area contributed by atoms with Gasteiger partial charge in [0.25, 0.3) is 0 Å². The van der Waals surface area contributed by atoms with Crippen LogP contribution in [-0.4, -0.2) is 24.1 Å². The lowest BCUT2D eigenvalue weighted by atomic mass is 10.1. The maximum atomic E-state index is 11.1. The summed E-state index contributed by atoms with van der Waals surface area (Å²) in [5.74, 6) is -0.775. The number of oxazole rings is 1. The van der Waals surface area contributed by atoms with Gasteiger partial charge in [-0.15, -0.1) is 0 Å². The minimum Gasteiger partial charge on any atom is -0.465 e. The summed E-state index contributed by atoms with van der Waals surface area (Å²) in [6, 6.07) is 5.37. The largest absolute Gasteiger partial charge is 0.465 e. The molecule has 0 aliphatic heterocycles. The van der Waals surface area contributed by atoms with E-state index >= 15 is 0 Å². The molecule has 18 heavy (non-hydrogen) atoms. The molecule has 6 nitrogen and oxygen atoms in total. The highest BCUT2D eigenvalue weighted by atomic mass is 16.5. The fraction of sp³-hybridized carbons (Fsp3) is 0.333. The molecule has 6 heteroatoms.